The second kappa shape index (κ2) is 10.9. The molecule has 0 fully saturated rings. The smallest absolute Gasteiger partial charge is 0.0503 e. The van der Waals surface area contributed by atoms with Crippen molar-refractivity contribution in [2.24, 2.45) is 5.41 Å². The summed E-state index contributed by atoms with van der Waals surface area (Å²) in [6.07, 6.45) is 2.21. The Hall–Kier alpha value is -0.900. The largest absolute Gasteiger partial charge is 0.396 e. The molecule has 0 aliphatic rings. The van der Waals surface area contributed by atoms with Gasteiger partial charge in [-0.2, -0.15) is 23.5 Å². The van der Waals surface area contributed by atoms with Gasteiger partial charge in [0.15, 0.2) is 0 Å². The highest BCUT2D eigenvalue weighted by Gasteiger charge is 2.28. The summed E-state index contributed by atoms with van der Waals surface area (Å²) in [5, 5.41) is 10.1. The highest BCUT2D eigenvalue weighted by Crippen LogP contribution is 2.34. The van der Waals surface area contributed by atoms with Crippen LogP contribution in [0.5, 0.6) is 0 Å². The van der Waals surface area contributed by atoms with Crippen LogP contribution in [0.2, 0.25) is 0 Å². The Morgan fingerprint density at radius 3 is 1.62 bits per heavy atom. The minimum absolute atomic E-state index is 0.0354. The minimum Gasteiger partial charge on any atom is -0.396 e. The Morgan fingerprint density at radius 2 is 1.25 bits per heavy atom. The van der Waals surface area contributed by atoms with Gasteiger partial charge in [-0.3, -0.25) is 0 Å². The maximum atomic E-state index is 10.1. The summed E-state index contributed by atoms with van der Waals surface area (Å²) >= 11 is 3.90. The molecule has 0 saturated heterocycles. The highest BCUT2D eigenvalue weighted by molar-refractivity contribution is 7.99. The summed E-state index contributed by atoms with van der Waals surface area (Å²) in [6.45, 7) is 2.50. The first-order valence-corrected chi connectivity index (χ1v) is 10.9. The first kappa shape index (κ1) is 19.4. The molecule has 0 saturated carbocycles. The Morgan fingerprint density at radius 1 is 0.792 bits per heavy atom. The van der Waals surface area contributed by atoms with Crippen molar-refractivity contribution < 1.29 is 5.11 Å². The maximum absolute atomic E-state index is 10.1. The number of aliphatic hydroxyl groups is 1. The summed E-state index contributed by atoms with van der Waals surface area (Å²) in [7, 11) is 0. The number of benzene rings is 2. The third-order valence-electron chi connectivity index (χ3n) is 4.16. The fourth-order valence-corrected chi connectivity index (χ4v) is 5.54. The van der Waals surface area contributed by atoms with Gasteiger partial charge in [-0.1, -0.05) is 74.0 Å². The summed E-state index contributed by atoms with van der Waals surface area (Å²) in [5.41, 5.74) is 2.76. The number of hydrogen-bond acceptors (Lipinski definition) is 3. The number of rotatable bonds is 11. The van der Waals surface area contributed by atoms with E-state index in [9.17, 15) is 5.11 Å². The molecule has 0 aliphatic heterocycles. The van der Waals surface area contributed by atoms with Crippen LogP contribution in [0.1, 0.15) is 30.9 Å². The Kier molecular flexibility index (Phi) is 8.79. The monoisotopic (exact) mass is 360 g/mol. The van der Waals surface area contributed by atoms with Crippen LogP contribution in [0.4, 0.5) is 0 Å². The van der Waals surface area contributed by atoms with Crippen molar-refractivity contribution in [2.45, 2.75) is 31.3 Å². The summed E-state index contributed by atoms with van der Waals surface area (Å²) in [5.74, 6) is 4.09. The van der Waals surface area contributed by atoms with Gasteiger partial charge in [0.1, 0.15) is 0 Å². The molecule has 0 spiro atoms. The molecule has 24 heavy (non-hydrogen) atoms. The maximum Gasteiger partial charge on any atom is 0.0503 e. The van der Waals surface area contributed by atoms with Gasteiger partial charge in [0.05, 0.1) is 6.61 Å². The van der Waals surface area contributed by atoms with Gasteiger partial charge in [0.25, 0.3) is 0 Å². The molecule has 1 nitrogen and oxygen atoms in total. The zero-order chi connectivity index (χ0) is 17.1. The van der Waals surface area contributed by atoms with Gasteiger partial charge in [-0.15, -0.1) is 0 Å². The van der Waals surface area contributed by atoms with Crippen LogP contribution in [-0.2, 0) is 11.5 Å². The van der Waals surface area contributed by atoms with Crippen molar-refractivity contribution in [1.82, 2.24) is 0 Å². The lowest BCUT2D eigenvalue weighted by Gasteiger charge is -2.31. The van der Waals surface area contributed by atoms with Crippen LogP contribution < -0.4 is 0 Å². The van der Waals surface area contributed by atoms with E-state index in [1.54, 1.807) is 0 Å². The summed E-state index contributed by atoms with van der Waals surface area (Å²) in [4.78, 5) is 0. The molecule has 3 heteroatoms. The van der Waals surface area contributed by atoms with Gasteiger partial charge >= 0.3 is 0 Å². The Bertz CT molecular complexity index is 511. The van der Waals surface area contributed by atoms with E-state index in [-0.39, 0.29) is 12.0 Å². The van der Waals surface area contributed by atoms with Crippen LogP contribution in [0, 0.1) is 5.41 Å². The minimum atomic E-state index is 0.0354. The van der Waals surface area contributed by atoms with Crippen molar-refractivity contribution in [3.8, 4) is 0 Å². The first-order chi connectivity index (χ1) is 11.8. The standard InChI is InChI=1S/C21H28OS2/c1-2-13-21(16-22,17-23-14-19-9-5-3-6-10-19)18-24-15-20-11-7-4-8-12-20/h3-12,22H,2,13-18H2,1H3. The SMILES string of the molecule is CCCC(CO)(CSCc1ccccc1)CSCc1ccccc1. The van der Waals surface area contributed by atoms with Crippen molar-refractivity contribution in [1.29, 1.82) is 0 Å². The zero-order valence-electron chi connectivity index (χ0n) is 14.5. The third-order valence-corrected chi connectivity index (χ3v) is 6.86. The Balaban J connectivity index is 1.85. The number of thioether (sulfide) groups is 2. The molecule has 0 aromatic heterocycles. The van der Waals surface area contributed by atoms with Gasteiger partial charge < -0.3 is 5.11 Å². The first-order valence-electron chi connectivity index (χ1n) is 8.62. The molecule has 130 valence electrons. The van der Waals surface area contributed by atoms with E-state index < -0.39 is 0 Å². The van der Waals surface area contributed by atoms with Gasteiger partial charge in [0, 0.05) is 28.4 Å². The van der Waals surface area contributed by atoms with Gasteiger partial charge in [-0.25, -0.2) is 0 Å². The molecular weight excluding hydrogens is 332 g/mol. The molecule has 0 aliphatic carbocycles. The van der Waals surface area contributed by atoms with Crippen LogP contribution in [0.3, 0.4) is 0 Å². The van der Waals surface area contributed by atoms with Crippen molar-refractivity contribution >= 4 is 23.5 Å². The zero-order valence-corrected chi connectivity index (χ0v) is 16.1. The lowest BCUT2D eigenvalue weighted by Crippen LogP contribution is -2.31. The van der Waals surface area contributed by atoms with Crippen molar-refractivity contribution in [3.63, 3.8) is 0 Å². The van der Waals surface area contributed by atoms with Crippen LogP contribution in [0.25, 0.3) is 0 Å². The molecule has 0 atom stereocenters. The third kappa shape index (κ3) is 6.54. The summed E-state index contributed by atoms with van der Waals surface area (Å²) in [6, 6.07) is 21.2. The predicted octanol–water partition coefficient (Wildman–Crippen LogP) is 5.63. The lowest BCUT2D eigenvalue weighted by molar-refractivity contribution is 0.158. The summed E-state index contributed by atoms with van der Waals surface area (Å²) < 4.78 is 0. The molecule has 2 rings (SSSR count). The second-order valence-corrected chi connectivity index (χ2v) is 8.34. The highest BCUT2D eigenvalue weighted by atomic mass is 32.2. The average molecular weight is 361 g/mol. The predicted molar refractivity (Wildman–Crippen MR) is 110 cm³/mol. The van der Waals surface area contributed by atoms with Crippen LogP contribution >= 0.6 is 23.5 Å². The van der Waals surface area contributed by atoms with Crippen molar-refractivity contribution in [3.05, 3.63) is 71.8 Å². The van der Waals surface area contributed by atoms with E-state index in [4.69, 9.17) is 0 Å². The molecule has 0 radical (unpaired) electrons. The molecule has 0 bridgehead atoms. The van der Waals surface area contributed by atoms with E-state index in [0.717, 1.165) is 35.9 Å². The quantitative estimate of drug-likeness (QED) is 0.560. The lowest BCUT2D eigenvalue weighted by atomic mass is 9.89. The normalized spacial score (nSPS) is 11.6. The van der Waals surface area contributed by atoms with Gasteiger partial charge in [-0.05, 0) is 17.5 Å². The topological polar surface area (TPSA) is 20.2 Å². The molecule has 0 heterocycles. The van der Waals surface area contributed by atoms with Crippen LogP contribution in [0.15, 0.2) is 60.7 Å². The molecule has 2 aromatic carbocycles. The van der Waals surface area contributed by atoms with E-state index in [2.05, 4.69) is 67.6 Å². The molecule has 0 amide bonds. The van der Waals surface area contributed by atoms with Crippen LogP contribution in [-0.4, -0.2) is 23.2 Å². The molecule has 2 aromatic rings. The fourth-order valence-electron chi connectivity index (χ4n) is 2.81. The van der Waals surface area contributed by atoms with Gasteiger partial charge in [0.2, 0.25) is 0 Å². The Labute approximate surface area is 155 Å². The fraction of sp³-hybridized carbons (Fsp3) is 0.429. The second-order valence-electron chi connectivity index (χ2n) is 6.36. The van der Waals surface area contributed by atoms with E-state index in [0.29, 0.717) is 0 Å². The average Bonchev–Trinajstić information content (AvgIpc) is 2.63. The molecule has 1 N–H and O–H groups in total. The van der Waals surface area contributed by atoms with E-state index in [1.807, 2.05) is 23.5 Å². The van der Waals surface area contributed by atoms with E-state index >= 15 is 0 Å². The van der Waals surface area contributed by atoms with E-state index in [1.165, 1.54) is 11.1 Å². The molecular formula is C21H28OS2. The molecule has 0 unspecified atom stereocenters. The van der Waals surface area contributed by atoms with Crippen molar-refractivity contribution in [2.75, 3.05) is 18.1 Å². The number of hydrogen-bond donors (Lipinski definition) is 1. The number of aliphatic hydroxyl groups excluding tert-OH is 1.